The highest BCUT2D eigenvalue weighted by atomic mass is 16.5. The van der Waals surface area contributed by atoms with Crippen molar-refractivity contribution in [2.75, 3.05) is 39.6 Å². The van der Waals surface area contributed by atoms with E-state index >= 15 is 0 Å². The van der Waals surface area contributed by atoms with E-state index in [1.165, 1.54) is 5.56 Å². The van der Waals surface area contributed by atoms with Crippen LogP contribution in [-0.4, -0.2) is 59.9 Å². The largest absolute Gasteiger partial charge is 0.493 e. The van der Waals surface area contributed by atoms with Crippen LogP contribution in [-0.2, 0) is 6.42 Å². The summed E-state index contributed by atoms with van der Waals surface area (Å²) in [7, 11) is 3.20. The Hall–Kier alpha value is -4.54. The Kier molecular flexibility index (Phi) is 7.95. The molecule has 5 N–H and O–H groups in total. The van der Waals surface area contributed by atoms with E-state index < -0.39 is 0 Å². The summed E-state index contributed by atoms with van der Waals surface area (Å²) < 4.78 is 16.9. The zero-order chi connectivity index (χ0) is 27.2. The number of nitrogens with zero attached hydrogens (tertiary/aromatic N) is 4. The number of hydrogen-bond donors (Lipinski definition) is 3. The quantitative estimate of drug-likeness (QED) is 0.173. The van der Waals surface area contributed by atoms with Gasteiger partial charge in [0.05, 0.1) is 37.7 Å². The van der Waals surface area contributed by atoms with Crippen LogP contribution < -0.4 is 31.0 Å². The van der Waals surface area contributed by atoms with Crippen molar-refractivity contribution in [2.24, 2.45) is 5.73 Å². The molecule has 39 heavy (non-hydrogen) atoms. The summed E-state index contributed by atoms with van der Waals surface area (Å²) in [6.45, 7) is 1.81. The third-order valence-corrected chi connectivity index (χ3v) is 6.43. The van der Waals surface area contributed by atoms with E-state index in [1.54, 1.807) is 45.2 Å². The van der Waals surface area contributed by atoms with Gasteiger partial charge < -0.3 is 31.0 Å². The Labute approximate surface area is 226 Å². The lowest BCUT2D eigenvalue weighted by Gasteiger charge is -2.15. The summed E-state index contributed by atoms with van der Waals surface area (Å²) in [5.74, 6) is 2.19. The van der Waals surface area contributed by atoms with Crippen LogP contribution in [0.3, 0.4) is 0 Å². The number of aromatic nitrogens is 4. The molecule has 0 aliphatic rings. The molecular formula is C29H31N7O3. The molecule has 0 fully saturated rings. The number of nitrogens with two attached hydrogens (primary N) is 2. The number of ether oxygens (including phenoxy) is 3. The van der Waals surface area contributed by atoms with Gasteiger partial charge in [-0.15, -0.1) is 0 Å². The average Bonchev–Trinajstić information content (AvgIpc) is 2.98. The number of benzene rings is 1. The number of nitrogen functional groups attached to an aromatic ring is 1. The average molecular weight is 526 g/mol. The maximum Gasteiger partial charge on any atom is 0.162 e. The lowest BCUT2D eigenvalue weighted by molar-refractivity contribution is 0.283. The van der Waals surface area contributed by atoms with Crippen molar-refractivity contribution in [1.82, 2.24) is 25.3 Å². The van der Waals surface area contributed by atoms with Gasteiger partial charge in [-0.2, -0.15) is 0 Å². The zero-order valence-electron chi connectivity index (χ0n) is 21.9. The molecule has 0 saturated carbocycles. The van der Waals surface area contributed by atoms with E-state index in [4.69, 9.17) is 25.7 Å². The minimum Gasteiger partial charge on any atom is -0.493 e. The highest BCUT2D eigenvalue weighted by Crippen LogP contribution is 2.37. The molecule has 0 saturated heterocycles. The molecule has 4 heterocycles. The summed E-state index contributed by atoms with van der Waals surface area (Å²) >= 11 is 0. The van der Waals surface area contributed by atoms with Crippen molar-refractivity contribution >= 4 is 27.5 Å². The Morgan fingerprint density at radius 3 is 2.49 bits per heavy atom. The molecule has 0 bridgehead atoms. The summed E-state index contributed by atoms with van der Waals surface area (Å²) in [5, 5.41) is 5.90. The smallest absolute Gasteiger partial charge is 0.162 e. The van der Waals surface area contributed by atoms with Crippen molar-refractivity contribution in [3.8, 4) is 28.5 Å². The van der Waals surface area contributed by atoms with Gasteiger partial charge in [-0.05, 0) is 54.2 Å². The Morgan fingerprint density at radius 1 is 0.897 bits per heavy atom. The number of fused-ring (bicyclic) bond motifs is 3. The molecular weight excluding hydrogens is 494 g/mol. The van der Waals surface area contributed by atoms with E-state index in [1.807, 2.05) is 36.4 Å². The molecule has 1 atom stereocenters. The highest BCUT2D eigenvalue weighted by molar-refractivity contribution is 6.10. The van der Waals surface area contributed by atoms with Crippen LogP contribution in [0.25, 0.3) is 32.9 Å². The van der Waals surface area contributed by atoms with Gasteiger partial charge in [0.15, 0.2) is 11.5 Å². The second-order valence-electron chi connectivity index (χ2n) is 9.13. The summed E-state index contributed by atoms with van der Waals surface area (Å²) in [5.41, 5.74) is 16.1. The van der Waals surface area contributed by atoms with Crippen molar-refractivity contribution in [2.45, 2.75) is 12.5 Å². The fourth-order valence-electron chi connectivity index (χ4n) is 4.38. The van der Waals surface area contributed by atoms with Crippen LogP contribution in [0.2, 0.25) is 0 Å². The van der Waals surface area contributed by atoms with E-state index in [0.717, 1.165) is 40.2 Å². The molecule has 10 nitrogen and oxygen atoms in total. The number of rotatable bonds is 11. The van der Waals surface area contributed by atoms with E-state index in [2.05, 4.69) is 25.3 Å². The molecule has 0 unspecified atom stereocenters. The maximum absolute atomic E-state index is 6.36. The Morgan fingerprint density at radius 2 is 1.69 bits per heavy atom. The molecule has 5 rings (SSSR count). The van der Waals surface area contributed by atoms with Gasteiger partial charge in [0.2, 0.25) is 0 Å². The van der Waals surface area contributed by atoms with E-state index in [9.17, 15) is 0 Å². The molecule has 1 aromatic carbocycles. The van der Waals surface area contributed by atoms with E-state index in [-0.39, 0.29) is 6.04 Å². The molecule has 0 spiro atoms. The van der Waals surface area contributed by atoms with Gasteiger partial charge in [0.1, 0.15) is 18.2 Å². The van der Waals surface area contributed by atoms with Crippen molar-refractivity contribution in [3.05, 3.63) is 72.9 Å². The van der Waals surface area contributed by atoms with Crippen LogP contribution in [0.4, 0.5) is 5.82 Å². The summed E-state index contributed by atoms with van der Waals surface area (Å²) in [6.07, 6.45) is 9.62. The third-order valence-electron chi connectivity index (χ3n) is 6.43. The van der Waals surface area contributed by atoms with Gasteiger partial charge in [0, 0.05) is 53.7 Å². The predicted molar refractivity (Wildman–Crippen MR) is 152 cm³/mol. The first-order chi connectivity index (χ1) is 19.1. The lowest BCUT2D eigenvalue weighted by Crippen LogP contribution is -2.39. The van der Waals surface area contributed by atoms with Crippen LogP contribution in [0.5, 0.6) is 17.2 Å². The lowest BCUT2D eigenvalue weighted by atomic mass is 10.0. The molecule has 0 aliphatic heterocycles. The molecule has 200 valence electrons. The topological polar surface area (TPSA) is 143 Å². The first-order valence-electron chi connectivity index (χ1n) is 12.6. The van der Waals surface area contributed by atoms with Crippen LogP contribution in [0.15, 0.2) is 67.4 Å². The fourth-order valence-corrected chi connectivity index (χ4v) is 4.38. The number of pyridine rings is 4. The van der Waals surface area contributed by atoms with E-state index in [0.29, 0.717) is 41.9 Å². The number of hydrogen-bond acceptors (Lipinski definition) is 10. The van der Waals surface area contributed by atoms with Crippen LogP contribution >= 0.6 is 0 Å². The van der Waals surface area contributed by atoms with Gasteiger partial charge in [-0.1, -0.05) is 0 Å². The summed E-state index contributed by atoms with van der Waals surface area (Å²) in [4.78, 5) is 17.6. The molecule has 0 aliphatic carbocycles. The molecule has 0 radical (unpaired) electrons. The van der Waals surface area contributed by atoms with Gasteiger partial charge in [-0.25, -0.2) is 4.98 Å². The predicted octanol–water partition coefficient (Wildman–Crippen LogP) is 3.38. The first kappa shape index (κ1) is 26.1. The number of nitrogens with one attached hydrogen (secondary N) is 1. The Balaban J connectivity index is 1.30. The van der Waals surface area contributed by atoms with Crippen molar-refractivity contribution in [1.29, 1.82) is 0 Å². The first-order valence-corrected chi connectivity index (χ1v) is 12.6. The number of anilines is 1. The minimum atomic E-state index is -0.175. The van der Waals surface area contributed by atoms with Gasteiger partial charge in [0.25, 0.3) is 0 Å². The second-order valence-corrected chi connectivity index (χ2v) is 9.13. The van der Waals surface area contributed by atoms with Crippen molar-refractivity contribution < 1.29 is 14.2 Å². The SMILES string of the molecule is COc1cc2ncc3c(N)nc(-c4cncc(OC[C@@H](N)CNCCc5ccncc5)c4)cc3c2cc1OC. The standard InChI is InChI=1S/C29H31N7O3/c1-37-27-11-23-22-10-25(36-29(31)24(22)16-35-26(23)12-28(27)38-2)19-9-21(15-34-13-19)39-17-20(30)14-33-8-5-18-3-6-32-7-4-18/h3-4,6-7,9-13,15-16,20,33H,5,8,14,17,30H2,1-2H3,(H2,31,36)/t20-/m0/s1. The third kappa shape index (κ3) is 5.97. The molecule has 0 amide bonds. The van der Waals surface area contributed by atoms with Gasteiger partial charge >= 0.3 is 0 Å². The zero-order valence-corrected chi connectivity index (χ0v) is 21.9. The monoisotopic (exact) mass is 525 g/mol. The number of methoxy groups -OCH3 is 2. The van der Waals surface area contributed by atoms with Crippen molar-refractivity contribution in [3.63, 3.8) is 0 Å². The highest BCUT2D eigenvalue weighted by Gasteiger charge is 2.14. The van der Waals surface area contributed by atoms with Crippen LogP contribution in [0.1, 0.15) is 5.56 Å². The molecule has 5 aromatic rings. The molecule has 4 aromatic heterocycles. The summed E-state index contributed by atoms with van der Waals surface area (Å²) in [6, 6.07) is 11.4. The normalized spacial score (nSPS) is 12.0. The second kappa shape index (κ2) is 11.9. The maximum atomic E-state index is 6.36. The van der Waals surface area contributed by atoms with Crippen LogP contribution in [0, 0.1) is 0 Å². The molecule has 10 heteroatoms. The fraction of sp³-hybridized carbons (Fsp3) is 0.241. The minimum absolute atomic E-state index is 0.175. The van der Waals surface area contributed by atoms with Gasteiger partial charge in [-0.3, -0.25) is 15.0 Å². The Bertz CT molecular complexity index is 1580.